The second kappa shape index (κ2) is 6.80. The molecule has 0 aromatic heterocycles. The molecular weight excluding hydrogens is 281 g/mol. The molecule has 2 aromatic rings. The Morgan fingerprint density at radius 1 is 0.947 bits per heavy atom. The minimum atomic E-state index is 0.291. The molecule has 2 rings (SSSR count). The number of benzene rings is 2. The maximum Gasteiger partial charge on any atom is 0.115 e. The second-order valence-electron chi connectivity index (χ2n) is 4.29. The molecule has 19 heavy (non-hydrogen) atoms. The Kier molecular flexibility index (Phi) is 5.08. The first-order valence-electron chi connectivity index (χ1n) is 6.08. The van der Waals surface area contributed by atoms with E-state index in [0.717, 1.165) is 18.5 Å². The number of halogens is 2. The zero-order valence-electron chi connectivity index (χ0n) is 10.4. The van der Waals surface area contributed by atoms with Crippen LogP contribution in [0.15, 0.2) is 42.5 Å². The van der Waals surface area contributed by atoms with Gasteiger partial charge in [-0.25, -0.2) is 0 Å². The van der Waals surface area contributed by atoms with Gasteiger partial charge in [0.2, 0.25) is 0 Å². The molecule has 0 amide bonds. The molecule has 0 aliphatic carbocycles. The van der Waals surface area contributed by atoms with Gasteiger partial charge in [0, 0.05) is 22.2 Å². The van der Waals surface area contributed by atoms with Gasteiger partial charge in [-0.1, -0.05) is 41.4 Å². The molecule has 0 saturated heterocycles. The molecule has 0 atom stereocenters. The third-order valence-electron chi connectivity index (χ3n) is 2.89. The number of phenols is 1. The van der Waals surface area contributed by atoms with Crippen molar-refractivity contribution in [1.82, 2.24) is 5.32 Å². The Morgan fingerprint density at radius 2 is 1.58 bits per heavy atom. The van der Waals surface area contributed by atoms with Crippen LogP contribution in [-0.2, 0) is 13.0 Å². The molecule has 2 N–H and O–H groups in total. The molecule has 0 heterocycles. The monoisotopic (exact) mass is 295 g/mol. The van der Waals surface area contributed by atoms with Crippen LogP contribution in [0.25, 0.3) is 0 Å². The second-order valence-corrected chi connectivity index (χ2v) is 5.11. The van der Waals surface area contributed by atoms with Gasteiger partial charge in [-0.15, -0.1) is 0 Å². The van der Waals surface area contributed by atoms with Gasteiger partial charge in [-0.05, 0) is 42.8 Å². The summed E-state index contributed by atoms with van der Waals surface area (Å²) in [5.41, 5.74) is 2.10. The number of rotatable bonds is 5. The predicted octanol–water partition coefficient (Wildman–Crippen LogP) is 4.03. The van der Waals surface area contributed by atoms with Crippen LogP contribution in [0.3, 0.4) is 0 Å². The molecule has 100 valence electrons. The minimum absolute atomic E-state index is 0.291. The molecule has 0 saturated carbocycles. The van der Waals surface area contributed by atoms with Crippen LogP contribution >= 0.6 is 23.2 Å². The van der Waals surface area contributed by atoms with Crippen molar-refractivity contribution in [2.24, 2.45) is 0 Å². The Bertz CT molecular complexity index is 520. The third kappa shape index (κ3) is 4.13. The fourth-order valence-electron chi connectivity index (χ4n) is 1.81. The van der Waals surface area contributed by atoms with E-state index in [9.17, 15) is 5.11 Å². The summed E-state index contributed by atoms with van der Waals surface area (Å²) in [5.74, 6) is 0.291. The summed E-state index contributed by atoms with van der Waals surface area (Å²) in [5, 5.41) is 13.9. The molecule has 2 aromatic carbocycles. The molecule has 0 spiro atoms. The fraction of sp³-hybridized carbons (Fsp3) is 0.200. The van der Waals surface area contributed by atoms with Crippen LogP contribution < -0.4 is 5.32 Å². The number of nitrogens with one attached hydrogen (secondary N) is 1. The number of aromatic hydroxyl groups is 1. The SMILES string of the molecule is Oc1ccc(CCNCc2c(Cl)cccc2Cl)cc1. The van der Waals surface area contributed by atoms with Crippen LogP contribution in [0.4, 0.5) is 0 Å². The first kappa shape index (κ1) is 14.2. The van der Waals surface area contributed by atoms with Crippen LogP contribution in [0.2, 0.25) is 10.0 Å². The lowest BCUT2D eigenvalue weighted by Gasteiger charge is -2.08. The van der Waals surface area contributed by atoms with Crippen molar-refractivity contribution in [2.75, 3.05) is 6.54 Å². The largest absolute Gasteiger partial charge is 0.508 e. The smallest absolute Gasteiger partial charge is 0.115 e. The first-order chi connectivity index (χ1) is 9.16. The van der Waals surface area contributed by atoms with Crippen LogP contribution in [-0.4, -0.2) is 11.7 Å². The van der Waals surface area contributed by atoms with Crippen molar-refractivity contribution in [3.8, 4) is 5.75 Å². The Balaban J connectivity index is 1.82. The van der Waals surface area contributed by atoms with Crippen molar-refractivity contribution < 1.29 is 5.11 Å². The summed E-state index contributed by atoms with van der Waals surface area (Å²) in [6.45, 7) is 1.48. The predicted molar refractivity (Wildman–Crippen MR) is 80.0 cm³/mol. The molecule has 4 heteroatoms. The van der Waals surface area contributed by atoms with Crippen LogP contribution in [0, 0.1) is 0 Å². The quantitative estimate of drug-likeness (QED) is 0.816. The van der Waals surface area contributed by atoms with Gasteiger partial charge in [0.05, 0.1) is 0 Å². The van der Waals surface area contributed by atoms with Gasteiger partial charge in [-0.3, -0.25) is 0 Å². The summed E-state index contributed by atoms with van der Waals surface area (Å²) in [4.78, 5) is 0. The maximum atomic E-state index is 9.19. The molecule has 0 fully saturated rings. The highest BCUT2D eigenvalue weighted by atomic mass is 35.5. The normalized spacial score (nSPS) is 10.6. The van der Waals surface area contributed by atoms with E-state index in [1.807, 2.05) is 30.3 Å². The Hall–Kier alpha value is -1.22. The minimum Gasteiger partial charge on any atom is -0.508 e. The number of phenolic OH excluding ortho intramolecular Hbond substituents is 1. The lowest BCUT2D eigenvalue weighted by molar-refractivity contribution is 0.475. The molecule has 0 aliphatic rings. The highest BCUT2D eigenvalue weighted by molar-refractivity contribution is 6.35. The standard InChI is InChI=1S/C15H15Cl2NO/c16-14-2-1-3-15(17)13(14)10-18-9-8-11-4-6-12(19)7-5-11/h1-7,18-19H,8-10H2. The van der Waals surface area contributed by atoms with E-state index in [1.54, 1.807) is 12.1 Å². The van der Waals surface area contributed by atoms with E-state index in [2.05, 4.69) is 5.32 Å². The fourth-order valence-corrected chi connectivity index (χ4v) is 2.34. The van der Waals surface area contributed by atoms with E-state index in [0.29, 0.717) is 22.3 Å². The van der Waals surface area contributed by atoms with E-state index in [4.69, 9.17) is 23.2 Å². The van der Waals surface area contributed by atoms with E-state index < -0.39 is 0 Å². The maximum absolute atomic E-state index is 9.19. The number of hydrogen-bond donors (Lipinski definition) is 2. The van der Waals surface area contributed by atoms with Crippen molar-refractivity contribution in [3.63, 3.8) is 0 Å². The zero-order chi connectivity index (χ0) is 13.7. The van der Waals surface area contributed by atoms with E-state index in [-0.39, 0.29) is 0 Å². The van der Waals surface area contributed by atoms with E-state index in [1.165, 1.54) is 5.56 Å². The van der Waals surface area contributed by atoms with Gasteiger partial charge < -0.3 is 10.4 Å². The van der Waals surface area contributed by atoms with Crippen LogP contribution in [0.5, 0.6) is 5.75 Å². The Morgan fingerprint density at radius 3 is 2.21 bits per heavy atom. The summed E-state index contributed by atoms with van der Waals surface area (Å²) >= 11 is 12.2. The average molecular weight is 296 g/mol. The van der Waals surface area contributed by atoms with Gasteiger partial charge in [0.1, 0.15) is 5.75 Å². The lowest BCUT2D eigenvalue weighted by atomic mass is 10.1. The molecular formula is C15H15Cl2NO. The van der Waals surface area contributed by atoms with Gasteiger partial charge in [0.15, 0.2) is 0 Å². The van der Waals surface area contributed by atoms with Crippen molar-refractivity contribution in [3.05, 3.63) is 63.6 Å². The van der Waals surface area contributed by atoms with Gasteiger partial charge >= 0.3 is 0 Å². The van der Waals surface area contributed by atoms with Crippen molar-refractivity contribution >= 4 is 23.2 Å². The molecule has 0 radical (unpaired) electrons. The molecule has 0 bridgehead atoms. The summed E-state index contributed by atoms with van der Waals surface area (Å²) < 4.78 is 0. The van der Waals surface area contributed by atoms with Crippen molar-refractivity contribution in [1.29, 1.82) is 0 Å². The average Bonchev–Trinajstić information content (AvgIpc) is 2.39. The zero-order valence-corrected chi connectivity index (χ0v) is 11.9. The lowest BCUT2D eigenvalue weighted by Crippen LogP contribution is -2.17. The van der Waals surface area contributed by atoms with E-state index >= 15 is 0 Å². The summed E-state index contributed by atoms with van der Waals surface area (Å²) in [6.07, 6.45) is 0.891. The first-order valence-corrected chi connectivity index (χ1v) is 6.84. The number of hydrogen-bond acceptors (Lipinski definition) is 2. The summed E-state index contributed by atoms with van der Waals surface area (Å²) in [6, 6.07) is 12.7. The van der Waals surface area contributed by atoms with Gasteiger partial charge in [0.25, 0.3) is 0 Å². The molecule has 0 aliphatic heterocycles. The topological polar surface area (TPSA) is 32.3 Å². The van der Waals surface area contributed by atoms with Crippen LogP contribution in [0.1, 0.15) is 11.1 Å². The molecule has 2 nitrogen and oxygen atoms in total. The molecule has 0 unspecified atom stereocenters. The van der Waals surface area contributed by atoms with Crippen molar-refractivity contribution in [2.45, 2.75) is 13.0 Å². The van der Waals surface area contributed by atoms with Gasteiger partial charge in [-0.2, -0.15) is 0 Å². The third-order valence-corrected chi connectivity index (χ3v) is 3.60. The Labute approximate surface area is 123 Å². The highest BCUT2D eigenvalue weighted by Crippen LogP contribution is 2.23. The highest BCUT2D eigenvalue weighted by Gasteiger charge is 2.04. The summed E-state index contributed by atoms with van der Waals surface area (Å²) in [7, 11) is 0.